The number of carbonyl (C=O) groups excluding carboxylic acids is 1. The topological polar surface area (TPSA) is 70.1 Å². The molecule has 2 heterocycles. The van der Waals surface area contributed by atoms with Crippen LogP contribution in [0.25, 0.3) is 0 Å². The van der Waals surface area contributed by atoms with E-state index in [0.717, 1.165) is 24.5 Å². The molecule has 3 rings (SSSR count). The Labute approximate surface area is 133 Å². The number of amides is 2. The lowest BCUT2D eigenvalue weighted by molar-refractivity contribution is 0.250. The van der Waals surface area contributed by atoms with Gasteiger partial charge in [0.1, 0.15) is 5.01 Å². The van der Waals surface area contributed by atoms with Gasteiger partial charge < -0.3 is 10.2 Å². The van der Waals surface area contributed by atoms with Gasteiger partial charge >= 0.3 is 6.03 Å². The zero-order chi connectivity index (χ0) is 15.4. The van der Waals surface area contributed by atoms with Gasteiger partial charge in [-0.25, -0.2) is 4.79 Å². The summed E-state index contributed by atoms with van der Waals surface area (Å²) in [6, 6.07) is 10.2. The molecule has 2 amide bonds. The normalized spacial score (nSPS) is 17.5. The summed E-state index contributed by atoms with van der Waals surface area (Å²) in [5.41, 5.74) is 1.25. The Bertz CT molecular complexity index is 630. The summed E-state index contributed by atoms with van der Waals surface area (Å²) in [7, 11) is 0. The SMILES string of the molecule is Cc1nnc(NC(=O)NCC2CCN(c3ccccc3)C2)s1. The summed E-state index contributed by atoms with van der Waals surface area (Å²) in [5.74, 6) is 0.474. The number of aromatic nitrogens is 2. The van der Waals surface area contributed by atoms with Crippen molar-refractivity contribution in [2.24, 2.45) is 5.92 Å². The van der Waals surface area contributed by atoms with Crippen LogP contribution in [-0.2, 0) is 0 Å². The first-order valence-corrected chi connectivity index (χ1v) is 8.17. The maximum Gasteiger partial charge on any atom is 0.321 e. The second-order valence-electron chi connectivity index (χ2n) is 5.40. The molecular formula is C15H19N5OS. The van der Waals surface area contributed by atoms with Gasteiger partial charge in [0.15, 0.2) is 0 Å². The number of hydrogen-bond acceptors (Lipinski definition) is 5. The smallest absolute Gasteiger partial charge is 0.321 e. The summed E-state index contributed by atoms with van der Waals surface area (Å²) < 4.78 is 0. The van der Waals surface area contributed by atoms with E-state index in [9.17, 15) is 4.79 Å². The highest BCUT2D eigenvalue weighted by Gasteiger charge is 2.23. The van der Waals surface area contributed by atoms with Crippen LogP contribution in [0, 0.1) is 12.8 Å². The number of nitrogens with zero attached hydrogens (tertiary/aromatic N) is 3. The largest absolute Gasteiger partial charge is 0.371 e. The van der Waals surface area contributed by atoms with Crippen LogP contribution in [0.5, 0.6) is 0 Å². The van der Waals surface area contributed by atoms with Gasteiger partial charge in [0.05, 0.1) is 0 Å². The fourth-order valence-electron chi connectivity index (χ4n) is 2.60. The van der Waals surface area contributed by atoms with Gasteiger partial charge in [0.25, 0.3) is 0 Å². The first-order valence-electron chi connectivity index (χ1n) is 7.35. The van der Waals surface area contributed by atoms with Gasteiger partial charge in [-0.2, -0.15) is 0 Å². The zero-order valence-corrected chi connectivity index (χ0v) is 13.3. The van der Waals surface area contributed by atoms with E-state index in [1.54, 1.807) is 0 Å². The summed E-state index contributed by atoms with van der Waals surface area (Å²) in [5, 5.41) is 14.7. The molecule has 116 valence electrons. The van der Waals surface area contributed by atoms with Gasteiger partial charge in [0.2, 0.25) is 5.13 Å². The Hall–Kier alpha value is -2.15. The van der Waals surface area contributed by atoms with E-state index in [0.29, 0.717) is 17.6 Å². The van der Waals surface area contributed by atoms with E-state index >= 15 is 0 Å². The van der Waals surface area contributed by atoms with Crippen LogP contribution in [-0.4, -0.2) is 35.9 Å². The molecule has 2 aromatic rings. The number of nitrogens with one attached hydrogen (secondary N) is 2. The van der Waals surface area contributed by atoms with E-state index in [2.05, 4.69) is 50.0 Å². The van der Waals surface area contributed by atoms with Gasteiger partial charge in [-0.05, 0) is 31.4 Å². The minimum Gasteiger partial charge on any atom is -0.371 e. The molecule has 22 heavy (non-hydrogen) atoms. The van der Waals surface area contributed by atoms with E-state index in [4.69, 9.17) is 0 Å². The van der Waals surface area contributed by atoms with Gasteiger partial charge in [0, 0.05) is 25.3 Å². The first kappa shape index (κ1) is 14.8. The Morgan fingerprint density at radius 1 is 1.36 bits per heavy atom. The van der Waals surface area contributed by atoms with Gasteiger partial charge in [-0.15, -0.1) is 10.2 Å². The summed E-state index contributed by atoms with van der Waals surface area (Å²) in [6.45, 7) is 4.54. The molecule has 1 atom stereocenters. The van der Waals surface area contributed by atoms with Gasteiger partial charge in [-0.1, -0.05) is 29.5 Å². The highest BCUT2D eigenvalue weighted by atomic mass is 32.1. The molecule has 7 heteroatoms. The van der Waals surface area contributed by atoms with Crippen LogP contribution in [0.2, 0.25) is 0 Å². The van der Waals surface area contributed by atoms with E-state index in [1.165, 1.54) is 17.0 Å². The number of carbonyl (C=O) groups is 1. The van der Waals surface area contributed by atoms with Crippen LogP contribution >= 0.6 is 11.3 Å². The van der Waals surface area contributed by atoms with Crippen molar-refractivity contribution in [3.8, 4) is 0 Å². The molecular weight excluding hydrogens is 298 g/mol. The fraction of sp³-hybridized carbons (Fsp3) is 0.400. The second kappa shape index (κ2) is 6.74. The maximum absolute atomic E-state index is 11.8. The molecule has 1 aromatic heterocycles. The molecule has 2 N–H and O–H groups in total. The Balaban J connectivity index is 1.44. The lowest BCUT2D eigenvalue weighted by Gasteiger charge is -2.18. The molecule has 6 nitrogen and oxygen atoms in total. The average molecular weight is 317 g/mol. The molecule has 1 aliphatic heterocycles. The summed E-state index contributed by atoms with van der Waals surface area (Å²) in [4.78, 5) is 14.2. The quantitative estimate of drug-likeness (QED) is 0.909. The van der Waals surface area contributed by atoms with Crippen LogP contribution in [0.3, 0.4) is 0 Å². The molecule has 1 aromatic carbocycles. The van der Waals surface area contributed by atoms with Gasteiger partial charge in [-0.3, -0.25) is 5.32 Å². The molecule has 1 unspecified atom stereocenters. The number of urea groups is 1. The lowest BCUT2D eigenvalue weighted by atomic mass is 10.1. The highest BCUT2D eigenvalue weighted by molar-refractivity contribution is 7.15. The predicted molar refractivity (Wildman–Crippen MR) is 88.4 cm³/mol. The third-order valence-electron chi connectivity index (χ3n) is 3.70. The molecule has 1 saturated heterocycles. The molecule has 0 aliphatic carbocycles. The highest BCUT2D eigenvalue weighted by Crippen LogP contribution is 2.23. The van der Waals surface area contributed by atoms with Crippen molar-refractivity contribution in [1.82, 2.24) is 15.5 Å². The fourth-order valence-corrected chi connectivity index (χ4v) is 3.18. The third-order valence-corrected chi connectivity index (χ3v) is 4.46. The molecule has 1 aliphatic rings. The van der Waals surface area contributed by atoms with E-state index in [-0.39, 0.29) is 6.03 Å². The number of rotatable bonds is 4. The van der Waals surface area contributed by atoms with Crippen LogP contribution in [0.4, 0.5) is 15.6 Å². The van der Waals surface area contributed by atoms with Crippen LogP contribution < -0.4 is 15.5 Å². The van der Waals surface area contributed by atoms with Crippen molar-refractivity contribution >= 4 is 28.2 Å². The molecule has 0 saturated carbocycles. The van der Waals surface area contributed by atoms with E-state index in [1.807, 2.05) is 13.0 Å². The molecule has 0 radical (unpaired) electrons. The van der Waals surface area contributed by atoms with Crippen molar-refractivity contribution in [2.45, 2.75) is 13.3 Å². The molecule has 1 fully saturated rings. The number of aryl methyl sites for hydroxylation is 1. The average Bonchev–Trinajstić information content (AvgIpc) is 3.15. The Morgan fingerprint density at radius 2 is 2.18 bits per heavy atom. The number of para-hydroxylation sites is 1. The maximum atomic E-state index is 11.8. The summed E-state index contributed by atoms with van der Waals surface area (Å²) in [6.07, 6.45) is 1.09. The van der Waals surface area contributed by atoms with Crippen molar-refractivity contribution in [3.05, 3.63) is 35.3 Å². The Kier molecular flexibility index (Phi) is 4.53. The second-order valence-corrected chi connectivity index (χ2v) is 6.58. The van der Waals surface area contributed by atoms with Crippen LogP contribution in [0.15, 0.2) is 30.3 Å². The van der Waals surface area contributed by atoms with Crippen molar-refractivity contribution < 1.29 is 4.79 Å². The monoisotopic (exact) mass is 317 g/mol. The first-order chi connectivity index (χ1) is 10.7. The number of hydrogen-bond donors (Lipinski definition) is 2. The number of anilines is 2. The predicted octanol–water partition coefficient (Wildman–Crippen LogP) is 2.49. The minimum atomic E-state index is -0.214. The third kappa shape index (κ3) is 3.73. The Morgan fingerprint density at radius 3 is 2.91 bits per heavy atom. The number of benzene rings is 1. The molecule has 0 bridgehead atoms. The van der Waals surface area contributed by atoms with Crippen molar-refractivity contribution in [2.75, 3.05) is 29.9 Å². The minimum absolute atomic E-state index is 0.214. The molecule has 0 spiro atoms. The van der Waals surface area contributed by atoms with Crippen LogP contribution in [0.1, 0.15) is 11.4 Å². The summed E-state index contributed by atoms with van der Waals surface area (Å²) >= 11 is 1.37. The van der Waals surface area contributed by atoms with Crippen molar-refractivity contribution in [1.29, 1.82) is 0 Å². The van der Waals surface area contributed by atoms with E-state index < -0.39 is 0 Å². The lowest BCUT2D eigenvalue weighted by Crippen LogP contribution is -2.34. The van der Waals surface area contributed by atoms with Crippen molar-refractivity contribution in [3.63, 3.8) is 0 Å². The zero-order valence-electron chi connectivity index (χ0n) is 12.5. The standard InChI is InChI=1S/C15H19N5OS/c1-11-18-19-15(22-11)17-14(21)16-9-12-7-8-20(10-12)13-5-3-2-4-6-13/h2-6,12H,7-10H2,1H3,(H2,16,17,19,21).